The predicted molar refractivity (Wildman–Crippen MR) is 104 cm³/mol. The maximum atomic E-state index is 13.3. The molecule has 138 valence electrons. The number of alkyl halides is 1. The molecule has 0 spiro atoms. The minimum absolute atomic E-state index is 0.208. The van der Waals surface area contributed by atoms with Gasteiger partial charge in [0.1, 0.15) is 11.4 Å². The van der Waals surface area contributed by atoms with Crippen molar-refractivity contribution in [2.75, 3.05) is 11.1 Å². The number of rotatable bonds is 7. The summed E-state index contributed by atoms with van der Waals surface area (Å²) in [5.74, 6) is -0.515. The minimum Gasteiger partial charge on any atom is -0.442 e. The van der Waals surface area contributed by atoms with Crippen molar-refractivity contribution >= 4 is 37.5 Å². The minimum atomic E-state index is -3.21. The van der Waals surface area contributed by atoms with Gasteiger partial charge in [0, 0.05) is 16.6 Å². The summed E-state index contributed by atoms with van der Waals surface area (Å²) in [5, 5.41) is 0.718. The zero-order valence-electron chi connectivity index (χ0n) is 14.7. The SMILES string of the molecule is CC(C)(C)OC(=O)N=S(=O)(CC(=O)CC/C=C/CBr)c1ccccc1. The molecule has 0 aliphatic heterocycles. The molecule has 0 aliphatic carbocycles. The van der Waals surface area contributed by atoms with Crippen molar-refractivity contribution in [3.05, 3.63) is 42.5 Å². The Morgan fingerprint density at radius 2 is 1.84 bits per heavy atom. The standard InChI is InChI=1S/C18H24BrNO4S/c1-18(2,3)24-17(22)20-25(23,16-11-7-4-8-12-16)14-15(21)10-6-5-9-13-19/h4-5,7-9,11-12H,6,10,13-14H2,1-3H3/b9-5+. The molecule has 0 N–H and O–H groups in total. The molecular formula is C18H24BrNO4S. The molecule has 1 amide bonds. The highest BCUT2D eigenvalue weighted by atomic mass is 79.9. The van der Waals surface area contributed by atoms with Gasteiger partial charge >= 0.3 is 6.09 Å². The molecule has 5 nitrogen and oxygen atoms in total. The number of benzene rings is 1. The highest BCUT2D eigenvalue weighted by Crippen LogP contribution is 2.17. The van der Waals surface area contributed by atoms with E-state index in [1.54, 1.807) is 51.1 Å². The van der Waals surface area contributed by atoms with Crippen LogP contribution in [0.3, 0.4) is 0 Å². The van der Waals surface area contributed by atoms with E-state index >= 15 is 0 Å². The Labute approximate surface area is 158 Å². The first-order chi connectivity index (χ1) is 11.7. The Morgan fingerprint density at radius 3 is 2.40 bits per heavy atom. The Morgan fingerprint density at radius 1 is 1.20 bits per heavy atom. The summed E-state index contributed by atoms with van der Waals surface area (Å²) in [5.41, 5.74) is -0.748. The van der Waals surface area contributed by atoms with Crippen LogP contribution in [0.25, 0.3) is 0 Å². The van der Waals surface area contributed by atoms with E-state index in [1.165, 1.54) is 0 Å². The number of hydrogen-bond donors (Lipinski definition) is 0. The number of halogens is 1. The van der Waals surface area contributed by atoms with E-state index in [0.29, 0.717) is 11.3 Å². The van der Waals surface area contributed by atoms with Crippen LogP contribution in [0.2, 0.25) is 0 Å². The quantitative estimate of drug-likeness (QED) is 0.462. The highest BCUT2D eigenvalue weighted by molar-refractivity contribution is 9.09. The lowest BCUT2D eigenvalue weighted by Gasteiger charge is -2.18. The largest absolute Gasteiger partial charge is 0.442 e. The van der Waals surface area contributed by atoms with Crippen LogP contribution >= 0.6 is 15.9 Å². The second-order valence-electron chi connectivity index (χ2n) is 6.37. The molecule has 0 bridgehead atoms. The van der Waals surface area contributed by atoms with Crippen LogP contribution in [0, 0.1) is 0 Å². The van der Waals surface area contributed by atoms with Gasteiger partial charge < -0.3 is 4.74 Å². The van der Waals surface area contributed by atoms with Gasteiger partial charge in [-0.2, -0.15) is 0 Å². The molecule has 1 unspecified atom stereocenters. The first kappa shape index (κ1) is 21.6. The van der Waals surface area contributed by atoms with Gasteiger partial charge in [-0.1, -0.05) is 46.3 Å². The molecule has 1 atom stereocenters. The lowest BCUT2D eigenvalue weighted by atomic mass is 10.2. The number of nitrogens with zero attached hydrogens (tertiary/aromatic N) is 1. The summed E-state index contributed by atoms with van der Waals surface area (Å²) in [6.45, 7) is 5.10. The molecule has 0 saturated heterocycles. The monoisotopic (exact) mass is 429 g/mol. The maximum absolute atomic E-state index is 13.3. The molecule has 1 aromatic rings. The summed E-state index contributed by atoms with van der Waals surface area (Å²) in [6, 6.07) is 8.37. The van der Waals surface area contributed by atoms with Crippen LogP contribution in [-0.4, -0.2) is 32.8 Å². The van der Waals surface area contributed by atoms with E-state index in [1.807, 2.05) is 12.2 Å². The van der Waals surface area contributed by atoms with Gasteiger partial charge in [0.15, 0.2) is 0 Å². The van der Waals surface area contributed by atoms with E-state index < -0.39 is 21.4 Å². The first-order valence-electron chi connectivity index (χ1n) is 7.92. The van der Waals surface area contributed by atoms with Crippen molar-refractivity contribution < 1.29 is 18.5 Å². The molecule has 0 saturated carbocycles. The van der Waals surface area contributed by atoms with Crippen LogP contribution in [-0.2, 0) is 19.3 Å². The number of amides is 1. The van der Waals surface area contributed by atoms with E-state index in [2.05, 4.69) is 20.3 Å². The molecule has 0 fully saturated rings. The summed E-state index contributed by atoms with van der Waals surface area (Å²) < 4.78 is 22.2. The number of ether oxygens (including phenoxy) is 1. The molecule has 0 aromatic heterocycles. The van der Waals surface area contributed by atoms with Crippen molar-refractivity contribution in [3.63, 3.8) is 0 Å². The van der Waals surface area contributed by atoms with Crippen molar-refractivity contribution in [1.29, 1.82) is 0 Å². The molecule has 0 heterocycles. The third-order valence-corrected chi connectivity index (χ3v) is 5.47. The Kier molecular flexibility index (Phi) is 8.52. The Hall–Kier alpha value is -1.47. The fourth-order valence-electron chi connectivity index (χ4n) is 1.92. The predicted octanol–water partition coefficient (Wildman–Crippen LogP) is 4.75. The Bertz CT molecular complexity index is 729. The number of carbonyl (C=O) groups excluding carboxylic acids is 2. The molecule has 0 radical (unpaired) electrons. The van der Waals surface area contributed by atoms with Crippen LogP contribution in [0.4, 0.5) is 4.79 Å². The third kappa shape index (κ3) is 8.45. The number of hydrogen-bond acceptors (Lipinski definition) is 4. The van der Waals surface area contributed by atoms with Crippen molar-refractivity contribution in [3.8, 4) is 0 Å². The summed E-state index contributed by atoms with van der Waals surface area (Å²) in [7, 11) is -3.21. The molecule has 25 heavy (non-hydrogen) atoms. The number of Topliss-reactive ketones (excluding diaryl/α,β-unsaturated/α-hetero) is 1. The zero-order valence-corrected chi connectivity index (χ0v) is 17.1. The third-order valence-electron chi connectivity index (χ3n) is 2.93. The van der Waals surface area contributed by atoms with Gasteiger partial charge in [-0.05, 0) is 39.3 Å². The van der Waals surface area contributed by atoms with Crippen LogP contribution < -0.4 is 0 Å². The first-order valence-corrected chi connectivity index (χ1v) is 10.7. The average molecular weight is 430 g/mol. The lowest BCUT2D eigenvalue weighted by molar-refractivity contribution is -0.116. The van der Waals surface area contributed by atoms with E-state index in [-0.39, 0.29) is 18.0 Å². The van der Waals surface area contributed by atoms with Crippen LogP contribution in [0.15, 0.2) is 51.7 Å². The number of carbonyl (C=O) groups is 2. The van der Waals surface area contributed by atoms with Crippen LogP contribution in [0.1, 0.15) is 33.6 Å². The number of allylic oxidation sites excluding steroid dienone is 2. The maximum Gasteiger partial charge on any atom is 0.442 e. The van der Waals surface area contributed by atoms with Crippen molar-refractivity contribution in [1.82, 2.24) is 0 Å². The second-order valence-corrected chi connectivity index (χ2v) is 9.24. The van der Waals surface area contributed by atoms with Crippen LogP contribution in [0.5, 0.6) is 0 Å². The molecule has 0 aliphatic rings. The van der Waals surface area contributed by atoms with Gasteiger partial charge in [0.05, 0.1) is 15.5 Å². The number of ketones is 1. The smallest absolute Gasteiger partial charge is 0.442 e. The fourth-order valence-corrected chi connectivity index (χ4v) is 3.96. The van der Waals surface area contributed by atoms with E-state index in [4.69, 9.17) is 4.74 Å². The van der Waals surface area contributed by atoms with E-state index in [9.17, 15) is 13.8 Å². The van der Waals surface area contributed by atoms with E-state index in [0.717, 1.165) is 5.33 Å². The topological polar surface area (TPSA) is 72.8 Å². The molecule has 1 rings (SSSR count). The van der Waals surface area contributed by atoms with Gasteiger partial charge in [0.2, 0.25) is 0 Å². The van der Waals surface area contributed by atoms with Gasteiger partial charge in [-0.15, -0.1) is 4.36 Å². The second kappa shape index (κ2) is 9.87. The van der Waals surface area contributed by atoms with Gasteiger partial charge in [-0.25, -0.2) is 9.00 Å². The lowest BCUT2D eigenvalue weighted by Crippen LogP contribution is -2.24. The Balaban J connectivity index is 3.05. The fraction of sp³-hybridized carbons (Fsp3) is 0.444. The van der Waals surface area contributed by atoms with Gasteiger partial charge in [0.25, 0.3) is 0 Å². The van der Waals surface area contributed by atoms with Crippen molar-refractivity contribution in [2.24, 2.45) is 4.36 Å². The summed E-state index contributed by atoms with van der Waals surface area (Å²) in [6.07, 6.45) is 3.65. The average Bonchev–Trinajstić information content (AvgIpc) is 2.50. The molecule has 7 heteroatoms. The highest BCUT2D eigenvalue weighted by Gasteiger charge is 2.22. The summed E-state index contributed by atoms with van der Waals surface area (Å²) in [4.78, 5) is 24.6. The normalized spacial score (nSPS) is 14.1. The van der Waals surface area contributed by atoms with Gasteiger partial charge in [-0.3, -0.25) is 4.79 Å². The summed E-state index contributed by atoms with van der Waals surface area (Å²) >= 11 is 3.26. The zero-order chi connectivity index (χ0) is 18.9. The van der Waals surface area contributed by atoms with Crippen molar-refractivity contribution in [2.45, 2.75) is 44.1 Å². The molecular weight excluding hydrogens is 406 g/mol. The molecule has 1 aromatic carbocycles.